The number of ether oxygens (including phenoxy) is 2. The molecule has 0 radical (unpaired) electrons. The predicted molar refractivity (Wildman–Crippen MR) is 66.1 cm³/mol. The highest BCUT2D eigenvalue weighted by atomic mass is 79.9. The van der Waals surface area contributed by atoms with Crippen LogP contribution in [0.4, 0.5) is 0 Å². The molecule has 4 heteroatoms. The number of hydrogen-bond acceptors (Lipinski definition) is 3. The number of esters is 1. The van der Waals surface area contributed by atoms with Crippen molar-refractivity contribution in [1.82, 2.24) is 0 Å². The lowest BCUT2D eigenvalue weighted by atomic mass is 10.1. The zero-order valence-electron chi connectivity index (χ0n) is 9.24. The highest BCUT2D eigenvalue weighted by molar-refractivity contribution is 9.09. The minimum absolute atomic E-state index is 0.157. The van der Waals surface area contributed by atoms with Gasteiger partial charge in [0, 0.05) is 11.8 Å². The third kappa shape index (κ3) is 4.66. The Balaban J connectivity index is 2.33. The van der Waals surface area contributed by atoms with Crippen LogP contribution in [0.15, 0.2) is 24.3 Å². The van der Waals surface area contributed by atoms with Crippen molar-refractivity contribution in [2.45, 2.75) is 12.8 Å². The highest BCUT2D eigenvalue weighted by Crippen LogP contribution is 2.12. The topological polar surface area (TPSA) is 35.5 Å². The molecule has 88 valence electrons. The third-order valence-electron chi connectivity index (χ3n) is 2.12. The minimum Gasteiger partial charge on any atom is -0.497 e. The van der Waals surface area contributed by atoms with E-state index in [2.05, 4.69) is 15.9 Å². The summed E-state index contributed by atoms with van der Waals surface area (Å²) in [7, 11) is 1.63. The van der Waals surface area contributed by atoms with Crippen molar-refractivity contribution in [3.05, 3.63) is 29.8 Å². The van der Waals surface area contributed by atoms with Crippen LogP contribution in [0, 0.1) is 0 Å². The molecule has 0 aromatic heterocycles. The molecule has 0 spiro atoms. The Kier molecular flexibility index (Phi) is 5.93. The van der Waals surface area contributed by atoms with Crippen LogP contribution >= 0.6 is 15.9 Å². The van der Waals surface area contributed by atoms with Crippen molar-refractivity contribution in [1.29, 1.82) is 0 Å². The summed E-state index contributed by atoms with van der Waals surface area (Å²) in [6, 6.07) is 7.69. The molecule has 1 rings (SSSR count). The lowest BCUT2D eigenvalue weighted by Crippen LogP contribution is -2.07. The largest absolute Gasteiger partial charge is 0.497 e. The number of hydrogen-bond donors (Lipinski definition) is 0. The maximum Gasteiger partial charge on any atom is 0.306 e. The Morgan fingerprint density at radius 3 is 2.56 bits per heavy atom. The maximum atomic E-state index is 11.2. The third-order valence-corrected chi connectivity index (χ3v) is 2.44. The van der Waals surface area contributed by atoms with Gasteiger partial charge in [-0.3, -0.25) is 4.79 Å². The van der Waals surface area contributed by atoms with Gasteiger partial charge in [-0.05, 0) is 24.1 Å². The number of carbonyl (C=O) groups is 1. The molecule has 0 unspecified atom stereocenters. The van der Waals surface area contributed by atoms with Crippen molar-refractivity contribution in [3.8, 4) is 5.75 Å². The first-order chi connectivity index (χ1) is 7.76. The Morgan fingerprint density at radius 1 is 1.31 bits per heavy atom. The lowest BCUT2D eigenvalue weighted by Gasteiger charge is -2.04. The molecule has 0 aliphatic rings. The SMILES string of the molecule is COc1ccc(CCC(=O)OCCBr)cc1. The molecule has 1 aromatic carbocycles. The summed E-state index contributed by atoms with van der Waals surface area (Å²) in [5.41, 5.74) is 1.11. The second-order valence-electron chi connectivity index (χ2n) is 3.26. The summed E-state index contributed by atoms with van der Waals surface area (Å²) in [5.74, 6) is 0.667. The van der Waals surface area contributed by atoms with E-state index in [1.54, 1.807) is 7.11 Å². The number of rotatable bonds is 6. The number of benzene rings is 1. The zero-order valence-corrected chi connectivity index (χ0v) is 10.8. The number of halogens is 1. The van der Waals surface area contributed by atoms with Gasteiger partial charge < -0.3 is 9.47 Å². The van der Waals surface area contributed by atoms with Crippen molar-refractivity contribution in [2.24, 2.45) is 0 Å². The second-order valence-corrected chi connectivity index (χ2v) is 4.05. The number of alkyl halides is 1. The van der Waals surface area contributed by atoms with Crippen molar-refractivity contribution < 1.29 is 14.3 Å². The predicted octanol–water partition coefficient (Wildman–Crippen LogP) is 2.57. The van der Waals surface area contributed by atoms with Crippen LogP contribution in [-0.4, -0.2) is 25.0 Å². The minimum atomic E-state index is -0.157. The van der Waals surface area contributed by atoms with Gasteiger partial charge in [0.25, 0.3) is 0 Å². The van der Waals surface area contributed by atoms with Gasteiger partial charge in [-0.15, -0.1) is 0 Å². The van der Waals surface area contributed by atoms with Gasteiger partial charge in [0.05, 0.1) is 7.11 Å². The maximum absolute atomic E-state index is 11.2. The van der Waals surface area contributed by atoms with Gasteiger partial charge in [-0.2, -0.15) is 0 Å². The fourth-order valence-electron chi connectivity index (χ4n) is 1.26. The average molecular weight is 287 g/mol. The van der Waals surface area contributed by atoms with Crippen molar-refractivity contribution in [2.75, 3.05) is 19.0 Å². The van der Waals surface area contributed by atoms with E-state index in [-0.39, 0.29) is 5.97 Å². The first kappa shape index (κ1) is 13.0. The molecule has 0 aliphatic heterocycles. The van der Waals surface area contributed by atoms with E-state index in [0.29, 0.717) is 24.8 Å². The molecule has 1 aromatic rings. The molecule has 0 fully saturated rings. The summed E-state index contributed by atoms with van der Waals surface area (Å²) >= 11 is 3.20. The van der Waals surface area contributed by atoms with Gasteiger partial charge in [-0.1, -0.05) is 28.1 Å². The molecule has 0 N–H and O–H groups in total. The van der Waals surface area contributed by atoms with Gasteiger partial charge in [0.15, 0.2) is 0 Å². The highest BCUT2D eigenvalue weighted by Gasteiger charge is 2.03. The first-order valence-corrected chi connectivity index (χ1v) is 6.23. The monoisotopic (exact) mass is 286 g/mol. The van der Waals surface area contributed by atoms with Gasteiger partial charge >= 0.3 is 5.97 Å². The van der Waals surface area contributed by atoms with E-state index in [1.807, 2.05) is 24.3 Å². The van der Waals surface area contributed by atoms with Crippen LogP contribution in [-0.2, 0) is 16.0 Å². The number of carbonyl (C=O) groups excluding carboxylic acids is 1. The molecule has 0 bridgehead atoms. The van der Waals surface area contributed by atoms with Crippen LogP contribution in [0.3, 0.4) is 0 Å². The van der Waals surface area contributed by atoms with E-state index >= 15 is 0 Å². The Morgan fingerprint density at radius 2 is 2.00 bits per heavy atom. The van der Waals surface area contributed by atoms with Crippen LogP contribution in [0.1, 0.15) is 12.0 Å². The fourth-order valence-corrected chi connectivity index (χ4v) is 1.43. The smallest absolute Gasteiger partial charge is 0.306 e. The first-order valence-electron chi connectivity index (χ1n) is 5.11. The van der Waals surface area contributed by atoms with Crippen LogP contribution in [0.25, 0.3) is 0 Å². The van der Waals surface area contributed by atoms with E-state index in [9.17, 15) is 4.79 Å². The summed E-state index contributed by atoms with van der Waals surface area (Å²) < 4.78 is 10.00. The molecule has 0 saturated heterocycles. The number of aryl methyl sites for hydroxylation is 1. The lowest BCUT2D eigenvalue weighted by molar-refractivity contribution is -0.142. The zero-order chi connectivity index (χ0) is 11.8. The molecule has 0 saturated carbocycles. The summed E-state index contributed by atoms with van der Waals surface area (Å²) in [4.78, 5) is 11.2. The quantitative estimate of drug-likeness (QED) is 0.596. The molecule has 0 amide bonds. The van der Waals surface area contributed by atoms with Gasteiger partial charge in [0.2, 0.25) is 0 Å². The normalized spacial score (nSPS) is 9.88. The van der Waals surface area contributed by atoms with Crippen LogP contribution in [0.2, 0.25) is 0 Å². The molecule has 0 atom stereocenters. The van der Waals surface area contributed by atoms with Crippen molar-refractivity contribution in [3.63, 3.8) is 0 Å². The van der Waals surface area contributed by atoms with Crippen molar-refractivity contribution >= 4 is 21.9 Å². The molecular weight excluding hydrogens is 272 g/mol. The molecular formula is C12H15BrO3. The van der Waals surface area contributed by atoms with Gasteiger partial charge in [0.1, 0.15) is 12.4 Å². The Hall–Kier alpha value is -1.03. The summed E-state index contributed by atoms with van der Waals surface area (Å²) in [6.07, 6.45) is 1.12. The fraction of sp³-hybridized carbons (Fsp3) is 0.417. The van der Waals surface area contributed by atoms with Crippen LogP contribution in [0.5, 0.6) is 5.75 Å². The molecule has 0 heterocycles. The summed E-state index contributed by atoms with van der Waals surface area (Å²) in [6.45, 7) is 0.432. The molecule has 3 nitrogen and oxygen atoms in total. The Bertz CT molecular complexity index is 322. The van der Waals surface area contributed by atoms with E-state index in [1.165, 1.54) is 0 Å². The second kappa shape index (κ2) is 7.28. The summed E-state index contributed by atoms with van der Waals surface area (Å²) in [5, 5.41) is 0.682. The van der Waals surface area contributed by atoms with E-state index in [0.717, 1.165) is 11.3 Å². The van der Waals surface area contributed by atoms with E-state index in [4.69, 9.17) is 9.47 Å². The molecule has 16 heavy (non-hydrogen) atoms. The average Bonchev–Trinajstić information content (AvgIpc) is 2.34. The Labute approximate surface area is 104 Å². The van der Waals surface area contributed by atoms with Crippen LogP contribution < -0.4 is 4.74 Å². The number of methoxy groups -OCH3 is 1. The standard InChI is InChI=1S/C12H15BrO3/c1-15-11-5-2-10(3-6-11)4-7-12(14)16-9-8-13/h2-3,5-6H,4,7-9H2,1H3. The van der Waals surface area contributed by atoms with Gasteiger partial charge in [-0.25, -0.2) is 0 Å². The molecule has 0 aliphatic carbocycles. The van der Waals surface area contributed by atoms with E-state index < -0.39 is 0 Å².